The molecular formula is C25H36IN5. The predicted octanol–water partition coefficient (Wildman–Crippen LogP) is 4.30. The van der Waals surface area contributed by atoms with Gasteiger partial charge >= 0.3 is 0 Å². The molecule has 0 spiro atoms. The van der Waals surface area contributed by atoms with E-state index in [1.165, 1.54) is 42.4 Å². The van der Waals surface area contributed by atoms with Crippen LogP contribution in [0.4, 0.5) is 0 Å². The van der Waals surface area contributed by atoms with Gasteiger partial charge in [-0.2, -0.15) is 0 Å². The van der Waals surface area contributed by atoms with Gasteiger partial charge in [-0.3, -0.25) is 14.9 Å². The number of aromatic nitrogens is 1. The molecule has 6 heteroatoms. The van der Waals surface area contributed by atoms with E-state index in [0.717, 1.165) is 32.0 Å². The van der Waals surface area contributed by atoms with Crippen molar-refractivity contribution in [3.63, 3.8) is 0 Å². The van der Waals surface area contributed by atoms with Crippen molar-refractivity contribution in [1.82, 2.24) is 20.5 Å². The summed E-state index contributed by atoms with van der Waals surface area (Å²) in [4.78, 5) is 11.8. The zero-order valence-corrected chi connectivity index (χ0v) is 21.1. The normalized spacial score (nSPS) is 23.3. The Labute approximate surface area is 204 Å². The number of nitrogens with one attached hydrogen (secondary N) is 2. The number of hydrogen-bond acceptors (Lipinski definition) is 3. The lowest BCUT2D eigenvalue weighted by molar-refractivity contribution is 0.114. The highest BCUT2D eigenvalue weighted by Crippen LogP contribution is 2.36. The lowest BCUT2D eigenvalue weighted by atomic mass is 9.96. The number of rotatable bonds is 7. The smallest absolute Gasteiger partial charge is 0.191 e. The minimum absolute atomic E-state index is 0. The van der Waals surface area contributed by atoms with Crippen LogP contribution in [0.2, 0.25) is 0 Å². The monoisotopic (exact) mass is 533 g/mol. The van der Waals surface area contributed by atoms with Crippen molar-refractivity contribution in [1.29, 1.82) is 0 Å². The van der Waals surface area contributed by atoms with E-state index in [0.29, 0.717) is 18.1 Å². The average Bonchev–Trinajstić information content (AvgIpc) is 2.98. The number of nitrogens with zero attached hydrogens (tertiary/aromatic N) is 3. The van der Waals surface area contributed by atoms with Crippen molar-refractivity contribution in [2.75, 3.05) is 13.1 Å². The van der Waals surface area contributed by atoms with E-state index in [9.17, 15) is 0 Å². The highest BCUT2D eigenvalue weighted by atomic mass is 127. The Bertz CT molecular complexity index is 827. The maximum Gasteiger partial charge on any atom is 0.191 e. The van der Waals surface area contributed by atoms with Crippen molar-refractivity contribution in [2.45, 2.75) is 70.6 Å². The standard InChI is InChI=1S/C25H35N5.HI/c1-3-27-25(28-14-12-21-11-13-26-17-19(21)2)29-22-15-23-9-10-24(16-22)30(23)18-20-7-5-4-6-8-20;/h4-8,11,13,17,22-24H,3,9-10,12,14-16,18H2,1-2H3,(H2,27,28,29);1H. The molecule has 31 heavy (non-hydrogen) atoms. The molecule has 0 radical (unpaired) electrons. The summed E-state index contributed by atoms with van der Waals surface area (Å²) in [6, 6.07) is 14.9. The fraction of sp³-hybridized carbons (Fsp3) is 0.520. The first-order valence-corrected chi connectivity index (χ1v) is 11.5. The van der Waals surface area contributed by atoms with E-state index >= 15 is 0 Å². The summed E-state index contributed by atoms with van der Waals surface area (Å²) in [7, 11) is 0. The third kappa shape index (κ3) is 6.42. The number of pyridine rings is 1. The molecule has 5 nitrogen and oxygen atoms in total. The molecule has 0 saturated carbocycles. The van der Waals surface area contributed by atoms with Gasteiger partial charge in [0.05, 0.1) is 0 Å². The summed E-state index contributed by atoms with van der Waals surface area (Å²) >= 11 is 0. The molecule has 1 aromatic heterocycles. The molecule has 2 saturated heterocycles. The van der Waals surface area contributed by atoms with Crippen molar-refractivity contribution in [2.24, 2.45) is 4.99 Å². The second-order valence-electron chi connectivity index (χ2n) is 8.67. The van der Waals surface area contributed by atoms with Crippen LogP contribution in [-0.2, 0) is 13.0 Å². The summed E-state index contributed by atoms with van der Waals surface area (Å²) in [6.07, 6.45) is 9.81. The van der Waals surface area contributed by atoms with Crippen molar-refractivity contribution in [3.8, 4) is 0 Å². The van der Waals surface area contributed by atoms with E-state index in [2.05, 4.69) is 70.8 Å². The SMILES string of the molecule is CCNC(=NCCc1ccncc1C)NC1CC2CCC(C1)N2Cc1ccccc1.I. The molecule has 2 aliphatic rings. The molecule has 2 aliphatic heterocycles. The van der Waals surface area contributed by atoms with Crippen LogP contribution >= 0.6 is 24.0 Å². The zero-order chi connectivity index (χ0) is 20.8. The number of piperidine rings is 1. The Morgan fingerprint density at radius 1 is 1.13 bits per heavy atom. The lowest BCUT2D eigenvalue weighted by Gasteiger charge is -2.39. The lowest BCUT2D eigenvalue weighted by Crippen LogP contribution is -2.52. The summed E-state index contributed by atoms with van der Waals surface area (Å²) in [5.74, 6) is 0.963. The van der Waals surface area contributed by atoms with Crippen molar-refractivity contribution < 1.29 is 0 Å². The molecule has 0 amide bonds. The summed E-state index contributed by atoms with van der Waals surface area (Å²) in [6.45, 7) is 7.02. The third-order valence-electron chi connectivity index (χ3n) is 6.56. The van der Waals surface area contributed by atoms with Gasteiger partial charge in [-0.25, -0.2) is 0 Å². The second-order valence-corrected chi connectivity index (χ2v) is 8.67. The van der Waals surface area contributed by atoms with Gasteiger partial charge in [0, 0.05) is 50.2 Å². The number of hydrogen-bond donors (Lipinski definition) is 2. The Morgan fingerprint density at radius 2 is 1.87 bits per heavy atom. The molecule has 0 aliphatic carbocycles. The fourth-order valence-corrected chi connectivity index (χ4v) is 5.03. The van der Waals surface area contributed by atoms with Gasteiger partial charge in [-0.05, 0) is 68.7 Å². The van der Waals surface area contributed by atoms with Crippen molar-refractivity contribution >= 4 is 29.9 Å². The number of aryl methyl sites for hydroxylation is 1. The van der Waals surface area contributed by atoms with Crippen LogP contribution in [0.3, 0.4) is 0 Å². The molecule has 1 aromatic carbocycles. The van der Waals surface area contributed by atoms with Crippen LogP contribution in [-0.4, -0.2) is 47.1 Å². The predicted molar refractivity (Wildman–Crippen MR) is 139 cm³/mol. The highest BCUT2D eigenvalue weighted by molar-refractivity contribution is 14.0. The molecule has 2 bridgehead atoms. The van der Waals surface area contributed by atoms with E-state index in [1.54, 1.807) is 0 Å². The van der Waals surface area contributed by atoms with Crippen LogP contribution in [0.5, 0.6) is 0 Å². The number of benzene rings is 1. The topological polar surface area (TPSA) is 52.6 Å². The molecule has 2 unspecified atom stereocenters. The molecular weight excluding hydrogens is 497 g/mol. The Balaban J connectivity index is 0.00000272. The third-order valence-corrected chi connectivity index (χ3v) is 6.56. The molecule has 2 aromatic rings. The maximum atomic E-state index is 4.86. The van der Waals surface area contributed by atoms with E-state index in [1.807, 2.05) is 12.4 Å². The van der Waals surface area contributed by atoms with Crippen LogP contribution in [0, 0.1) is 6.92 Å². The first-order valence-electron chi connectivity index (χ1n) is 11.5. The molecule has 2 N–H and O–H groups in total. The molecule has 3 heterocycles. The van der Waals surface area contributed by atoms with E-state index in [-0.39, 0.29) is 24.0 Å². The van der Waals surface area contributed by atoms with Crippen LogP contribution < -0.4 is 10.6 Å². The van der Waals surface area contributed by atoms with Gasteiger partial charge in [-0.15, -0.1) is 24.0 Å². The number of fused-ring (bicyclic) bond motifs is 2. The van der Waals surface area contributed by atoms with Crippen LogP contribution in [0.15, 0.2) is 53.8 Å². The van der Waals surface area contributed by atoms with Gasteiger partial charge in [-0.1, -0.05) is 30.3 Å². The minimum Gasteiger partial charge on any atom is -0.357 e. The summed E-state index contributed by atoms with van der Waals surface area (Å²) < 4.78 is 0. The largest absolute Gasteiger partial charge is 0.357 e. The van der Waals surface area contributed by atoms with Gasteiger partial charge < -0.3 is 10.6 Å². The van der Waals surface area contributed by atoms with Crippen LogP contribution in [0.1, 0.15) is 49.3 Å². The quantitative estimate of drug-likeness (QED) is 0.317. The second kappa shape index (κ2) is 11.8. The zero-order valence-electron chi connectivity index (χ0n) is 18.8. The number of aliphatic imine (C=N–C) groups is 1. The highest BCUT2D eigenvalue weighted by Gasteiger charge is 2.40. The number of guanidine groups is 1. The van der Waals surface area contributed by atoms with Gasteiger partial charge in [0.2, 0.25) is 0 Å². The molecule has 2 atom stereocenters. The van der Waals surface area contributed by atoms with E-state index in [4.69, 9.17) is 4.99 Å². The van der Waals surface area contributed by atoms with Crippen LogP contribution in [0.25, 0.3) is 0 Å². The molecule has 4 rings (SSSR count). The Hall–Kier alpha value is -1.67. The molecule has 168 valence electrons. The van der Waals surface area contributed by atoms with Crippen molar-refractivity contribution in [3.05, 3.63) is 65.5 Å². The fourth-order valence-electron chi connectivity index (χ4n) is 5.03. The molecule has 2 fully saturated rings. The minimum atomic E-state index is 0. The Kier molecular flexibility index (Phi) is 9.14. The van der Waals surface area contributed by atoms with E-state index < -0.39 is 0 Å². The summed E-state index contributed by atoms with van der Waals surface area (Å²) in [5, 5.41) is 7.19. The first-order chi connectivity index (χ1) is 14.7. The maximum absolute atomic E-state index is 4.86. The first kappa shape index (κ1) is 24.0. The van der Waals surface area contributed by atoms with Gasteiger partial charge in [0.1, 0.15) is 0 Å². The number of halogens is 1. The van der Waals surface area contributed by atoms with Gasteiger partial charge in [0.25, 0.3) is 0 Å². The Morgan fingerprint density at radius 3 is 2.55 bits per heavy atom. The average molecular weight is 534 g/mol. The summed E-state index contributed by atoms with van der Waals surface area (Å²) in [5.41, 5.74) is 4.01. The van der Waals surface area contributed by atoms with Gasteiger partial charge in [0.15, 0.2) is 5.96 Å².